The van der Waals surface area contributed by atoms with E-state index in [1.54, 1.807) is 21.0 Å². The summed E-state index contributed by atoms with van der Waals surface area (Å²) >= 11 is 5.63. The van der Waals surface area contributed by atoms with Crippen molar-refractivity contribution in [1.82, 2.24) is 14.9 Å². The molecule has 1 aromatic rings. The van der Waals surface area contributed by atoms with Crippen LogP contribution in [0.2, 0.25) is 5.02 Å². The molecule has 15 heavy (non-hydrogen) atoms. The summed E-state index contributed by atoms with van der Waals surface area (Å²) in [7, 11) is 3.40. The number of hydrogen-bond donors (Lipinski definition) is 1. The average molecular weight is 229 g/mol. The topological polar surface area (TPSA) is 58.1 Å². The molecule has 6 heteroatoms. The molecule has 0 saturated carbocycles. The maximum absolute atomic E-state index is 11.5. The molecule has 0 aliphatic carbocycles. The molecular weight excluding hydrogens is 216 g/mol. The van der Waals surface area contributed by atoms with E-state index < -0.39 is 0 Å². The number of likely N-dealkylation sites (N-methyl/N-ethyl adjacent to an activating group) is 1. The Bertz CT molecular complexity index is 338. The highest BCUT2D eigenvalue weighted by molar-refractivity contribution is 6.30. The zero-order chi connectivity index (χ0) is 11.4. The van der Waals surface area contributed by atoms with Gasteiger partial charge in [-0.2, -0.15) is 0 Å². The molecule has 1 aromatic heterocycles. The van der Waals surface area contributed by atoms with Crippen molar-refractivity contribution < 1.29 is 4.79 Å². The second-order valence-corrected chi connectivity index (χ2v) is 3.76. The monoisotopic (exact) mass is 228 g/mol. The molecule has 0 aliphatic rings. The van der Waals surface area contributed by atoms with Crippen molar-refractivity contribution in [3.8, 4) is 0 Å². The van der Waals surface area contributed by atoms with Gasteiger partial charge in [-0.05, 0) is 6.92 Å². The first-order valence-corrected chi connectivity index (χ1v) is 4.83. The molecule has 1 amide bonds. The molecule has 0 fully saturated rings. The van der Waals surface area contributed by atoms with E-state index in [1.807, 2.05) is 0 Å². The summed E-state index contributed by atoms with van der Waals surface area (Å²) in [6, 6.07) is -0.360. The predicted molar refractivity (Wildman–Crippen MR) is 58.8 cm³/mol. The molecule has 0 bridgehead atoms. The molecule has 5 nitrogen and oxygen atoms in total. The second kappa shape index (κ2) is 4.93. The minimum atomic E-state index is -0.360. The third-order valence-corrected chi connectivity index (χ3v) is 1.97. The molecule has 0 spiro atoms. The SMILES string of the molecule is C[C@H](Nc1ncc(Cl)cn1)C(=O)N(C)C. The number of hydrogen-bond acceptors (Lipinski definition) is 4. The summed E-state index contributed by atoms with van der Waals surface area (Å²) in [6.07, 6.45) is 2.95. The quantitative estimate of drug-likeness (QED) is 0.839. The van der Waals surface area contributed by atoms with Crippen molar-refractivity contribution in [3.05, 3.63) is 17.4 Å². The molecule has 0 saturated heterocycles. The number of rotatable bonds is 3. The minimum Gasteiger partial charge on any atom is -0.347 e. The van der Waals surface area contributed by atoms with Crippen LogP contribution in [0.15, 0.2) is 12.4 Å². The lowest BCUT2D eigenvalue weighted by Gasteiger charge is -2.17. The second-order valence-electron chi connectivity index (χ2n) is 3.32. The maximum Gasteiger partial charge on any atom is 0.244 e. The van der Waals surface area contributed by atoms with E-state index in [0.717, 1.165) is 0 Å². The Hall–Kier alpha value is -1.36. The first-order chi connectivity index (χ1) is 7.00. The van der Waals surface area contributed by atoms with Gasteiger partial charge in [0.05, 0.1) is 17.4 Å². The van der Waals surface area contributed by atoms with Crippen molar-refractivity contribution in [2.75, 3.05) is 19.4 Å². The van der Waals surface area contributed by atoms with Gasteiger partial charge >= 0.3 is 0 Å². The van der Waals surface area contributed by atoms with E-state index in [-0.39, 0.29) is 11.9 Å². The molecular formula is C9H13ClN4O. The number of amides is 1. The zero-order valence-electron chi connectivity index (χ0n) is 8.86. The molecule has 1 atom stereocenters. The van der Waals surface area contributed by atoms with Gasteiger partial charge < -0.3 is 10.2 Å². The predicted octanol–water partition coefficient (Wildman–Crippen LogP) is 1.02. The number of anilines is 1. The summed E-state index contributed by atoms with van der Waals surface area (Å²) in [5, 5.41) is 3.34. The first-order valence-electron chi connectivity index (χ1n) is 4.46. The van der Waals surface area contributed by atoms with Crippen molar-refractivity contribution in [2.24, 2.45) is 0 Å². The summed E-state index contributed by atoms with van der Waals surface area (Å²) < 4.78 is 0. The first kappa shape index (κ1) is 11.7. The van der Waals surface area contributed by atoms with Gasteiger partial charge in [-0.15, -0.1) is 0 Å². The van der Waals surface area contributed by atoms with E-state index in [4.69, 9.17) is 11.6 Å². The van der Waals surface area contributed by atoms with Gasteiger partial charge in [-0.1, -0.05) is 11.6 Å². The van der Waals surface area contributed by atoms with Gasteiger partial charge in [-0.25, -0.2) is 9.97 Å². The molecule has 0 unspecified atom stereocenters. The molecule has 0 radical (unpaired) electrons. The Labute approximate surface area is 93.5 Å². The third kappa shape index (κ3) is 3.36. The summed E-state index contributed by atoms with van der Waals surface area (Å²) in [5.74, 6) is 0.357. The summed E-state index contributed by atoms with van der Waals surface area (Å²) in [4.78, 5) is 20.9. The normalized spacial score (nSPS) is 12.0. The van der Waals surface area contributed by atoms with Crippen molar-refractivity contribution in [1.29, 1.82) is 0 Å². The average Bonchev–Trinajstić information content (AvgIpc) is 2.20. The van der Waals surface area contributed by atoms with Crippen molar-refractivity contribution >= 4 is 23.5 Å². The van der Waals surface area contributed by atoms with Gasteiger partial charge in [0.15, 0.2) is 0 Å². The number of nitrogens with zero attached hydrogens (tertiary/aromatic N) is 3. The van der Waals surface area contributed by atoms with Crippen LogP contribution in [0, 0.1) is 0 Å². The van der Waals surface area contributed by atoms with Gasteiger partial charge in [0.2, 0.25) is 11.9 Å². The summed E-state index contributed by atoms with van der Waals surface area (Å²) in [5.41, 5.74) is 0. The highest BCUT2D eigenvalue weighted by atomic mass is 35.5. The van der Waals surface area contributed by atoms with Crippen molar-refractivity contribution in [3.63, 3.8) is 0 Å². The standard InChI is InChI=1S/C9H13ClN4O/c1-6(8(15)14(2)3)13-9-11-4-7(10)5-12-9/h4-6H,1-3H3,(H,11,12,13)/t6-/m0/s1. The fraction of sp³-hybridized carbons (Fsp3) is 0.444. The molecule has 1 heterocycles. The third-order valence-electron chi connectivity index (χ3n) is 1.78. The van der Waals surface area contributed by atoms with Crippen LogP contribution < -0.4 is 5.32 Å². The lowest BCUT2D eigenvalue weighted by Crippen LogP contribution is -2.37. The lowest BCUT2D eigenvalue weighted by molar-refractivity contribution is -0.129. The van der Waals surface area contributed by atoms with Crippen LogP contribution in [0.25, 0.3) is 0 Å². The number of aromatic nitrogens is 2. The Morgan fingerprint density at radius 3 is 2.47 bits per heavy atom. The highest BCUT2D eigenvalue weighted by Crippen LogP contribution is 2.06. The van der Waals surface area contributed by atoms with Crippen LogP contribution in [0.5, 0.6) is 0 Å². The fourth-order valence-corrected chi connectivity index (χ4v) is 1.13. The molecule has 0 aromatic carbocycles. The Balaban J connectivity index is 2.62. The summed E-state index contributed by atoms with van der Waals surface area (Å²) in [6.45, 7) is 1.75. The lowest BCUT2D eigenvalue weighted by atomic mass is 10.3. The minimum absolute atomic E-state index is 0.0337. The van der Waals surface area contributed by atoms with Crippen LogP contribution in [0.4, 0.5) is 5.95 Å². The van der Waals surface area contributed by atoms with E-state index in [1.165, 1.54) is 17.3 Å². The molecule has 1 rings (SSSR count). The van der Waals surface area contributed by atoms with Crippen LogP contribution in [-0.2, 0) is 4.79 Å². The van der Waals surface area contributed by atoms with Crippen LogP contribution >= 0.6 is 11.6 Å². The maximum atomic E-state index is 11.5. The van der Waals surface area contributed by atoms with Crippen LogP contribution in [0.1, 0.15) is 6.92 Å². The van der Waals surface area contributed by atoms with Crippen molar-refractivity contribution in [2.45, 2.75) is 13.0 Å². The van der Waals surface area contributed by atoms with Gasteiger partial charge in [0.1, 0.15) is 6.04 Å². The van der Waals surface area contributed by atoms with E-state index in [0.29, 0.717) is 11.0 Å². The van der Waals surface area contributed by atoms with Gasteiger partial charge in [0, 0.05) is 14.1 Å². The van der Waals surface area contributed by atoms with E-state index in [9.17, 15) is 4.79 Å². The largest absolute Gasteiger partial charge is 0.347 e. The van der Waals surface area contributed by atoms with E-state index >= 15 is 0 Å². The fourth-order valence-electron chi connectivity index (χ4n) is 1.03. The zero-order valence-corrected chi connectivity index (χ0v) is 9.62. The smallest absolute Gasteiger partial charge is 0.244 e. The highest BCUT2D eigenvalue weighted by Gasteiger charge is 2.14. The van der Waals surface area contributed by atoms with Crippen LogP contribution in [0.3, 0.4) is 0 Å². The number of halogens is 1. The van der Waals surface area contributed by atoms with Gasteiger partial charge in [0.25, 0.3) is 0 Å². The Kier molecular flexibility index (Phi) is 3.85. The molecule has 82 valence electrons. The van der Waals surface area contributed by atoms with Crippen LogP contribution in [-0.4, -0.2) is 40.9 Å². The number of nitrogens with one attached hydrogen (secondary N) is 1. The van der Waals surface area contributed by atoms with E-state index in [2.05, 4.69) is 15.3 Å². The van der Waals surface area contributed by atoms with Gasteiger partial charge in [-0.3, -0.25) is 4.79 Å². The Morgan fingerprint density at radius 1 is 1.47 bits per heavy atom. The number of carbonyl (C=O) groups is 1. The Morgan fingerprint density at radius 2 is 2.00 bits per heavy atom. The molecule has 0 aliphatic heterocycles. The molecule has 1 N–H and O–H groups in total. The number of carbonyl (C=O) groups excluding carboxylic acids is 1.